The molecule has 4 nitrogen and oxygen atoms in total. The number of ether oxygens (including phenoxy) is 1. The van der Waals surface area contributed by atoms with Crippen molar-refractivity contribution in [1.29, 1.82) is 0 Å². The van der Waals surface area contributed by atoms with Crippen LogP contribution >= 0.6 is 11.6 Å². The smallest absolute Gasteiger partial charge is 0.289 e. The van der Waals surface area contributed by atoms with Crippen LogP contribution in [0.5, 0.6) is 5.75 Å². The molecule has 0 atom stereocenters. The highest BCUT2D eigenvalue weighted by Gasteiger charge is 2.15. The maximum Gasteiger partial charge on any atom is 0.289 e. The fourth-order valence-electron chi connectivity index (χ4n) is 2.66. The summed E-state index contributed by atoms with van der Waals surface area (Å²) in [6.45, 7) is 4.44. The number of aromatic nitrogens is 2. The Balaban J connectivity index is 2.19. The van der Waals surface area contributed by atoms with Crippen molar-refractivity contribution in [1.82, 2.24) is 9.97 Å². The van der Waals surface area contributed by atoms with Gasteiger partial charge in [-0.1, -0.05) is 44.0 Å². The molecule has 0 amide bonds. The van der Waals surface area contributed by atoms with Crippen LogP contribution in [0.1, 0.15) is 35.9 Å². The van der Waals surface area contributed by atoms with Crippen LogP contribution < -0.4 is 4.74 Å². The molecule has 1 heterocycles. The van der Waals surface area contributed by atoms with Crippen LogP contribution in [0.4, 0.5) is 0 Å². The van der Waals surface area contributed by atoms with Gasteiger partial charge in [0.2, 0.25) is 5.82 Å². The Morgan fingerprint density at radius 2 is 1.92 bits per heavy atom. The van der Waals surface area contributed by atoms with E-state index in [1.54, 1.807) is 12.1 Å². The zero-order valence-electron chi connectivity index (χ0n) is 14.5. The van der Waals surface area contributed by atoms with Gasteiger partial charge in [0.05, 0.1) is 11.2 Å². The minimum atomic E-state index is -0.695. The van der Waals surface area contributed by atoms with Crippen molar-refractivity contribution in [2.45, 2.75) is 19.8 Å². The van der Waals surface area contributed by atoms with Gasteiger partial charge in [-0.3, -0.25) is 4.79 Å². The first kappa shape index (κ1) is 17.9. The fourth-order valence-corrected chi connectivity index (χ4v) is 2.74. The van der Waals surface area contributed by atoms with Gasteiger partial charge in [0, 0.05) is 10.9 Å². The number of carbonyl (C=O) groups is 1. The molecule has 0 radical (unpaired) electrons. The molecule has 26 heavy (non-hydrogen) atoms. The minimum absolute atomic E-state index is 0.0283. The third-order valence-electron chi connectivity index (χ3n) is 4.02. The first-order chi connectivity index (χ1) is 12.5. The molecule has 0 aliphatic carbocycles. The van der Waals surface area contributed by atoms with E-state index in [2.05, 4.69) is 41.9 Å². The van der Waals surface area contributed by atoms with Crippen LogP contribution in [0, 0.1) is 12.3 Å². The predicted octanol–water partition coefficient (Wildman–Crippen LogP) is 4.81. The summed E-state index contributed by atoms with van der Waals surface area (Å²) in [4.78, 5) is 20.2. The Morgan fingerprint density at radius 1 is 1.19 bits per heavy atom. The average molecular weight is 365 g/mol. The number of benzene rings is 2. The van der Waals surface area contributed by atoms with E-state index in [4.69, 9.17) is 22.8 Å². The SMILES string of the molecule is C#CCOc1ccc2nc(C(=O)Cl)nc(-c3ccc(C(C)C)cc3)c2c1. The molecule has 0 saturated carbocycles. The summed E-state index contributed by atoms with van der Waals surface area (Å²) in [5.74, 6) is 3.45. The van der Waals surface area contributed by atoms with Crippen molar-refractivity contribution in [3.63, 3.8) is 0 Å². The number of halogens is 1. The Labute approximate surface area is 157 Å². The summed E-state index contributed by atoms with van der Waals surface area (Å²) in [5.41, 5.74) is 3.33. The molecule has 0 N–H and O–H groups in total. The van der Waals surface area contributed by atoms with Crippen LogP contribution in [-0.2, 0) is 0 Å². The lowest BCUT2D eigenvalue weighted by Gasteiger charge is -2.11. The topological polar surface area (TPSA) is 52.1 Å². The molecule has 3 rings (SSSR count). The monoisotopic (exact) mass is 364 g/mol. The second kappa shape index (κ2) is 7.55. The number of terminal acetylenes is 1. The number of carbonyl (C=O) groups excluding carboxylic acids is 1. The number of hydrogen-bond donors (Lipinski definition) is 0. The lowest BCUT2D eigenvalue weighted by Crippen LogP contribution is -2.02. The molecule has 5 heteroatoms. The van der Waals surface area contributed by atoms with Crippen LogP contribution in [0.3, 0.4) is 0 Å². The maximum atomic E-state index is 11.6. The van der Waals surface area contributed by atoms with Gasteiger partial charge in [0.15, 0.2) is 0 Å². The van der Waals surface area contributed by atoms with Gasteiger partial charge in [0.1, 0.15) is 12.4 Å². The summed E-state index contributed by atoms with van der Waals surface area (Å²) in [5, 5.41) is 0.0677. The lowest BCUT2D eigenvalue weighted by molar-refractivity contribution is 0.107. The number of nitrogens with zero attached hydrogens (tertiary/aromatic N) is 2. The average Bonchev–Trinajstić information content (AvgIpc) is 2.65. The zero-order valence-corrected chi connectivity index (χ0v) is 15.2. The van der Waals surface area contributed by atoms with Crippen LogP contribution in [-0.4, -0.2) is 21.8 Å². The molecule has 130 valence electrons. The van der Waals surface area contributed by atoms with Crippen molar-refractivity contribution in [2.75, 3.05) is 6.61 Å². The largest absolute Gasteiger partial charge is 0.481 e. The Kier molecular flexibility index (Phi) is 5.20. The summed E-state index contributed by atoms with van der Waals surface area (Å²) >= 11 is 5.62. The molecule has 2 aromatic carbocycles. The van der Waals surface area contributed by atoms with Gasteiger partial charge in [-0.15, -0.1) is 6.42 Å². The summed E-state index contributed by atoms with van der Waals surface area (Å²) in [7, 11) is 0. The third kappa shape index (κ3) is 3.68. The van der Waals surface area contributed by atoms with E-state index in [1.165, 1.54) is 5.56 Å². The Bertz CT molecular complexity index is 1000. The van der Waals surface area contributed by atoms with E-state index in [0.717, 1.165) is 10.9 Å². The van der Waals surface area contributed by atoms with Gasteiger partial charge < -0.3 is 4.74 Å². The molecule has 0 saturated heterocycles. The van der Waals surface area contributed by atoms with E-state index < -0.39 is 5.24 Å². The van der Waals surface area contributed by atoms with E-state index in [0.29, 0.717) is 22.9 Å². The van der Waals surface area contributed by atoms with E-state index in [9.17, 15) is 4.79 Å². The molecule has 0 aliphatic heterocycles. The molecular formula is C21H17ClN2O2. The molecule has 0 spiro atoms. The normalized spacial score (nSPS) is 10.7. The van der Waals surface area contributed by atoms with Crippen LogP contribution in [0.2, 0.25) is 0 Å². The molecule has 1 aromatic heterocycles. The highest BCUT2D eigenvalue weighted by molar-refractivity contribution is 6.67. The quantitative estimate of drug-likeness (QED) is 0.481. The van der Waals surface area contributed by atoms with Crippen molar-refractivity contribution in [2.24, 2.45) is 0 Å². The standard InChI is InChI=1S/C21H17ClN2O2/c1-4-11-26-16-9-10-18-17(12-16)19(24-21(23-18)20(22)25)15-7-5-14(6-8-15)13(2)3/h1,5-10,12-13H,11H2,2-3H3. The second-order valence-electron chi connectivity index (χ2n) is 6.12. The maximum absolute atomic E-state index is 11.6. The molecule has 0 fully saturated rings. The molecule has 0 aliphatic rings. The minimum Gasteiger partial charge on any atom is -0.481 e. The van der Waals surface area contributed by atoms with Crippen molar-refractivity contribution in [3.8, 4) is 29.4 Å². The lowest BCUT2D eigenvalue weighted by atomic mass is 9.99. The first-order valence-electron chi connectivity index (χ1n) is 8.18. The van der Waals surface area contributed by atoms with E-state index in [-0.39, 0.29) is 12.4 Å². The highest BCUT2D eigenvalue weighted by Crippen LogP contribution is 2.30. The Morgan fingerprint density at radius 3 is 2.54 bits per heavy atom. The second-order valence-corrected chi connectivity index (χ2v) is 6.46. The van der Waals surface area contributed by atoms with Crippen molar-refractivity contribution >= 4 is 27.7 Å². The Hall–Kier alpha value is -2.90. The van der Waals surface area contributed by atoms with Gasteiger partial charge in [-0.05, 0) is 41.3 Å². The van der Waals surface area contributed by atoms with Gasteiger partial charge in [0.25, 0.3) is 5.24 Å². The number of rotatable bonds is 5. The van der Waals surface area contributed by atoms with E-state index >= 15 is 0 Å². The van der Waals surface area contributed by atoms with Gasteiger partial charge in [-0.2, -0.15) is 0 Å². The first-order valence-corrected chi connectivity index (χ1v) is 8.55. The van der Waals surface area contributed by atoms with Crippen molar-refractivity contribution in [3.05, 3.63) is 53.9 Å². The molecule has 0 bridgehead atoms. The van der Waals surface area contributed by atoms with E-state index in [1.807, 2.05) is 18.2 Å². The number of fused-ring (bicyclic) bond motifs is 1. The zero-order chi connectivity index (χ0) is 18.7. The summed E-state index contributed by atoms with van der Waals surface area (Å²) < 4.78 is 5.50. The molecule has 3 aromatic rings. The third-order valence-corrected chi connectivity index (χ3v) is 4.18. The fraction of sp³-hybridized carbons (Fsp3) is 0.190. The van der Waals surface area contributed by atoms with Gasteiger partial charge in [-0.25, -0.2) is 9.97 Å². The molecule has 0 unspecified atom stereocenters. The van der Waals surface area contributed by atoms with Crippen LogP contribution in [0.25, 0.3) is 22.2 Å². The summed E-state index contributed by atoms with van der Waals surface area (Å²) in [6, 6.07) is 13.4. The van der Waals surface area contributed by atoms with Crippen LogP contribution in [0.15, 0.2) is 42.5 Å². The van der Waals surface area contributed by atoms with Gasteiger partial charge >= 0.3 is 0 Å². The predicted molar refractivity (Wildman–Crippen MR) is 104 cm³/mol. The summed E-state index contributed by atoms with van der Waals surface area (Å²) in [6.07, 6.45) is 5.25. The highest BCUT2D eigenvalue weighted by atomic mass is 35.5. The molecular weight excluding hydrogens is 348 g/mol. The number of hydrogen-bond acceptors (Lipinski definition) is 4. The van der Waals surface area contributed by atoms with Crippen molar-refractivity contribution < 1.29 is 9.53 Å².